The minimum Gasteiger partial charge on any atom is -0.446 e. The second-order valence-electron chi connectivity index (χ2n) is 5.48. The third-order valence-electron chi connectivity index (χ3n) is 3.65. The highest BCUT2D eigenvalue weighted by atomic mass is 32.1. The highest BCUT2D eigenvalue weighted by Crippen LogP contribution is 2.38. The Morgan fingerprint density at radius 1 is 1.46 bits per heavy atom. The summed E-state index contributed by atoms with van der Waals surface area (Å²) in [6.07, 6.45) is 6.22. The monoisotopic (exact) mass is 370 g/mol. The first kappa shape index (κ1) is 19.1. The number of carbonyl (C=O) groups excluding carboxylic acids is 2. The van der Waals surface area contributed by atoms with Gasteiger partial charge in [-0.1, -0.05) is 13.2 Å². The smallest absolute Gasteiger partial charge is 0.404 e. The average molecular weight is 370 g/mol. The normalized spacial score (nSPS) is 16.0. The summed E-state index contributed by atoms with van der Waals surface area (Å²) in [5.41, 5.74) is 6.95. The fourth-order valence-corrected chi connectivity index (χ4v) is 3.82. The number of aliphatic imine (C=N–C) groups is 1. The Bertz CT molecular complexity index is 845. The van der Waals surface area contributed by atoms with Crippen LogP contribution < -0.4 is 11.1 Å². The number of nitrogens with one attached hydrogen (secondary N) is 1. The zero-order valence-corrected chi connectivity index (χ0v) is 14.8. The molecule has 0 saturated heterocycles. The van der Waals surface area contributed by atoms with Crippen LogP contribution in [0, 0.1) is 11.3 Å². The van der Waals surface area contributed by atoms with E-state index in [-0.39, 0.29) is 12.0 Å². The molecule has 1 aromatic heterocycles. The maximum absolute atomic E-state index is 12.1. The molecule has 2 rings (SSSR count). The van der Waals surface area contributed by atoms with Gasteiger partial charge in [0.15, 0.2) is 0 Å². The second kappa shape index (κ2) is 8.78. The van der Waals surface area contributed by atoms with Gasteiger partial charge in [0.2, 0.25) is 5.91 Å². The van der Waals surface area contributed by atoms with E-state index in [2.05, 4.69) is 29.5 Å². The molecule has 0 aromatic carbocycles. The first-order valence-corrected chi connectivity index (χ1v) is 8.59. The van der Waals surface area contributed by atoms with Gasteiger partial charge >= 0.3 is 6.09 Å². The molecule has 7 nitrogen and oxygen atoms in total. The Morgan fingerprint density at radius 3 is 2.88 bits per heavy atom. The summed E-state index contributed by atoms with van der Waals surface area (Å²) in [6, 6.07) is 2.15. The Morgan fingerprint density at radius 2 is 2.23 bits per heavy atom. The summed E-state index contributed by atoms with van der Waals surface area (Å²) in [6.45, 7) is 7.17. The van der Waals surface area contributed by atoms with Crippen LogP contribution in [0.15, 0.2) is 42.1 Å². The van der Waals surface area contributed by atoms with Crippen LogP contribution in [0.4, 0.5) is 9.80 Å². The molecule has 0 spiro atoms. The van der Waals surface area contributed by atoms with Crippen LogP contribution >= 0.6 is 11.3 Å². The topological polar surface area (TPSA) is 118 Å². The van der Waals surface area contributed by atoms with E-state index < -0.39 is 6.09 Å². The van der Waals surface area contributed by atoms with Crippen LogP contribution in [0.25, 0.3) is 0 Å². The van der Waals surface area contributed by atoms with Crippen molar-refractivity contribution in [2.45, 2.75) is 25.4 Å². The molecule has 1 atom stereocenters. The van der Waals surface area contributed by atoms with Crippen molar-refractivity contribution in [2.75, 3.05) is 5.32 Å². The summed E-state index contributed by atoms with van der Waals surface area (Å²) in [5, 5.41) is 12.6. The maximum Gasteiger partial charge on any atom is 0.404 e. The Kier molecular flexibility index (Phi) is 6.47. The molecule has 1 aliphatic carbocycles. The molecule has 0 radical (unpaired) electrons. The maximum atomic E-state index is 12.1. The van der Waals surface area contributed by atoms with E-state index in [9.17, 15) is 14.9 Å². The molecule has 134 valence electrons. The van der Waals surface area contributed by atoms with E-state index in [0.29, 0.717) is 35.4 Å². The number of fused-ring (bicyclic) bond motifs is 1. The third-order valence-corrected chi connectivity index (χ3v) is 4.82. The number of primary amides is 1. The van der Waals surface area contributed by atoms with Crippen molar-refractivity contribution in [2.24, 2.45) is 10.7 Å². The molecule has 0 aliphatic heterocycles. The third kappa shape index (κ3) is 4.91. The van der Waals surface area contributed by atoms with Gasteiger partial charge < -0.3 is 15.8 Å². The molecule has 0 bridgehead atoms. The van der Waals surface area contributed by atoms with Crippen molar-refractivity contribution in [3.63, 3.8) is 0 Å². The minimum absolute atomic E-state index is 0.305. The highest BCUT2D eigenvalue weighted by Gasteiger charge is 2.27. The molecular formula is C18H18N4O3S. The number of anilines is 1. The van der Waals surface area contributed by atoms with Gasteiger partial charge in [-0.25, -0.2) is 4.79 Å². The Hall–Kier alpha value is -3.18. The summed E-state index contributed by atoms with van der Waals surface area (Å²) < 4.78 is 5.04. The number of allylic oxidation sites excluding steroid dienone is 2. The SMILES string of the molecule is C=CN=CC(=C)/C=C/C(=O)Nc1sc2c(c1C#N)CCC(OC(N)=O)C2. The number of amides is 2. The van der Waals surface area contributed by atoms with Gasteiger partial charge in [-0.05, 0) is 30.1 Å². The summed E-state index contributed by atoms with van der Waals surface area (Å²) >= 11 is 1.31. The van der Waals surface area contributed by atoms with Crippen molar-refractivity contribution in [1.82, 2.24) is 0 Å². The summed E-state index contributed by atoms with van der Waals surface area (Å²) in [5.74, 6) is -0.377. The van der Waals surface area contributed by atoms with Crippen LogP contribution in [0.1, 0.15) is 22.4 Å². The van der Waals surface area contributed by atoms with Crippen molar-refractivity contribution in [1.29, 1.82) is 5.26 Å². The predicted octanol–water partition coefficient (Wildman–Crippen LogP) is 2.84. The van der Waals surface area contributed by atoms with Crippen molar-refractivity contribution in [3.05, 3.63) is 53.1 Å². The zero-order chi connectivity index (χ0) is 19.1. The summed E-state index contributed by atoms with van der Waals surface area (Å²) in [7, 11) is 0. The molecule has 0 saturated carbocycles. The molecule has 26 heavy (non-hydrogen) atoms. The lowest BCUT2D eigenvalue weighted by atomic mass is 9.94. The molecule has 8 heteroatoms. The Labute approximate surface area is 155 Å². The number of thiophene rings is 1. The first-order chi connectivity index (χ1) is 12.4. The predicted molar refractivity (Wildman–Crippen MR) is 101 cm³/mol. The standard InChI is InChI=1S/C18H18N4O3S/c1-3-21-10-11(2)4-7-16(23)22-17-14(9-19)13-6-5-12(25-18(20)24)8-15(13)26-17/h3-4,7,10,12H,1-2,5-6,8H2,(H2,20,24)(H,22,23)/b7-4+,21-10?. The number of nitrogens with zero attached hydrogens (tertiary/aromatic N) is 2. The molecule has 1 aromatic rings. The Balaban J connectivity index is 2.11. The van der Waals surface area contributed by atoms with E-state index in [0.717, 1.165) is 10.4 Å². The van der Waals surface area contributed by atoms with Gasteiger partial charge in [0, 0.05) is 29.8 Å². The molecular weight excluding hydrogens is 352 g/mol. The van der Waals surface area contributed by atoms with Gasteiger partial charge in [-0.3, -0.25) is 9.79 Å². The van der Waals surface area contributed by atoms with Crippen LogP contribution in [0.5, 0.6) is 0 Å². The minimum atomic E-state index is -0.811. The van der Waals surface area contributed by atoms with E-state index in [4.69, 9.17) is 10.5 Å². The van der Waals surface area contributed by atoms with Crippen molar-refractivity contribution >= 4 is 34.6 Å². The molecule has 3 N–H and O–H groups in total. The number of nitrogens with two attached hydrogens (primary N) is 1. The lowest BCUT2D eigenvalue weighted by Gasteiger charge is -2.21. The molecule has 1 aliphatic rings. The second-order valence-corrected chi connectivity index (χ2v) is 6.58. The van der Waals surface area contributed by atoms with E-state index >= 15 is 0 Å². The number of hydrogen-bond donors (Lipinski definition) is 2. The number of carbonyl (C=O) groups is 2. The van der Waals surface area contributed by atoms with Crippen LogP contribution in [-0.2, 0) is 22.4 Å². The largest absolute Gasteiger partial charge is 0.446 e. The number of nitriles is 1. The number of hydrogen-bond acceptors (Lipinski definition) is 6. The van der Waals surface area contributed by atoms with Crippen LogP contribution in [0.3, 0.4) is 0 Å². The lowest BCUT2D eigenvalue weighted by molar-refractivity contribution is -0.111. The van der Waals surface area contributed by atoms with Gasteiger partial charge in [0.05, 0.1) is 5.56 Å². The van der Waals surface area contributed by atoms with Crippen molar-refractivity contribution < 1.29 is 14.3 Å². The van der Waals surface area contributed by atoms with E-state index in [1.54, 1.807) is 0 Å². The first-order valence-electron chi connectivity index (χ1n) is 7.77. The fraction of sp³-hybridized carbons (Fsp3) is 0.222. The zero-order valence-electron chi connectivity index (χ0n) is 14.0. The average Bonchev–Trinajstić information content (AvgIpc) is 2.93. The van der Waals surface area contributed by atoms with Crippen LogP contribution in [-0.4, -0.2) is 24.3 Å². The summed E-state index contributed by atoms with van der Waals surface area (Å²) in [4.78, 5) is 27.7. The number of rotatable bonds is 6. The quantitative estimate of drug-likeness (QED) is 0.455. The molecule has 0 fully saturated rings. The van der Waals surface area contributed by atoms with E-state index in [1.165, 1.54) is 35.9 Å². The lowest BCUT2D eigenvalue weighted by Crippen LogP contribution is -2.27. The van der Waals surface area contributed by atoms with Crippen molar-refractivity contribution in [3.8, 4) is 6.07 Å². The molecule has 2 amide bonds. The van der Waals surface area contributed by atoms with Crippen LogP contribution in [0.2, 0.25) is 0 Å². The van der Waals surface area contributed by atoms with Gasteiger partial charge in [0.25, 0.3) is 0 Å². The highest BCUT2D eigenvalue weighted by molar-refractivity contribution is 7.16. The number of ether oxygens (including phenoxy) is 1. The van der Waals surface area contributed by atoms with Gasteiger partial charge in [-0.15, -0.1) is 11.3 Å². The van der Waals surface area contributed by atoms with Gasteiger partial charge in [0.1, 0.15) is 17.2 Å². The molecule has 1 heterocycles. The molecule has 1 unspecified atom stereocenters. The van der Waals surface area contributed by atoms with Gasteiger partial charge in [-0.2, -0.15) is 5.26 Å². The van der Waals surface area contributed by atoms with E-state index in [1.807, 2.05) is 0 Å². The fourth-order valence-electron chi connectivity index (χ4n) is 2.55.